The van der Waals surface area contributed by atoms with Gasteiger partial charge in [0.15, 0.2) is 0 Å². The molecule has 3 N–H and O–H groups in total. The highest BCUT2D eigenvalue weighted by Crippen LogP contribution is 2.27. The van der Waals surface area contributed by atoms with E-state index in [1.165, 1.54) is 24.1 Å². The maximum atomic E-state index is 12.0. The molecule has 1 saturated carbocycles. The molecule has 2 amide bonds. The van der Waals surface area contributed by atoms with Crippen LogP contribution in [-0.2, 0) is 0 Å². The summed E-state index contributed by atoms with van der Waals surface area (Å²) in [5.41, 5.74) is 3.27. The third-order valence-corrected chi connectivity index (χ3v) is 5.05. The molecular formula is C18H27N3O2. The van der Waals surface area contributed by atoms with E-state index in [1.54, 1.807) is 0 Å². The molecule has 0 spiro atoms. The Bertz CT molecular complexity index is 555. The molecule has 23 heavy (non-hydrogen) atoms. The molecule has 1 aromatic rings. The fraction of sp³-hybridized carbons (Fsp3) is 0.611. The summed E-state index contributed by atoms with van der Waals surface area (Å²) in [5, 5.41) is 15.5. The third kappa shape index (κ3) is 3.96. The van der Waals surface area contributed by atoms with Crippen LogP contribution in [0.2, 0.25) is 0 Å². The molecule has 5 heteroatoms. The fourth-order valence-electron chi connectivity index (χ4n) is 3.70. The van der Waals surface area contributed by atoms with E-state index in [4.69, 9.17) is 0 Å². The summed E-state index contributed by atoms with van der Waals surface area (Å²) in [7, 11) is 0. The van der Waals surface area contributed by atoms with Crippen molar-refractivity contribution < 1.29 is 9.90 Å². The summed E-state index contributed by atoms with van der Waals surface area (Å²) in [4.78, 5) is 14.4. The van der Waals surface area contributed by atoms with Crippen molar-refractivity contribution in [1.29, 1.82) is 0 Å². The van der Waals surface area contributed by atoms with Crippen LogP contribution in [0.5, 0.6) is 0 Å². The lowest BCUT2D eigenvalue weighted by Crippen LogP contribution is -2.35. The minimum atomic E-state index is -0.266. The number of hydrogen-bond acceptors (Lipinski definition) is 3. The third-order valence-electron chi connectivity index (χ3n) is 5.05. The standard InChI is InChI=1S/C18H27N3O2/c1-13-11-15(7-8-16(13)21-9-2-3-10-21)20-18(23)19-12-14-5-4-6-17(14)22/h7-8,11,14,17,22H,2-6,9-10,12H2,1H3,(H2,19,20,23)/t14-,17+/m1/s1. The lowest BCUT2D eigenvalue weighted by Gasteiger charge is -2.21. The van der Waals surface area contributed by atoms with Gasteiger partial charge >= 0.3 is 6.03 Å². The monoisotopic (exact) mass is 317 g/mol. The van der Waals surface area contributed by atoms with Crippen LogP contribution in [0.25, 0.3) is 0 Å². The van der Waals surface area contributed by atoms with Gasteiger partial charge in [-0.2, -0.15) is 0 Å². The number of anilines is 2. The van der Waals surface area contributed by atoms with E-state index in [9.17, 15) is 9.90 Å². The average Bonchev–Trinajstić information content (AvgIpc) is 3.17. The quantitative estimate of drug-likeness (QED) is 0.800. The van der Waals surface area contributed by atoms with E-state index in [-0.39, 0.29) is 18.1 Å². The van der Waals surface area contributed by atoms with Gasteiger partial charge in [0.05, 0.1) is 6.10 Å². The zero-order valence-electron chi connectivity index (χ0n) is 13.8. The van der Waals surface area contributed by atoms with Crippen molar-refractivity contribution in [3.63, 3.8) is 0 Å². The Labute approximate surface area is 138 Å². The second-order valence-electron chi connectivity index (χ2n) is 6.79. The number of carbonyl (C=O) groups excluding carboxylic acids is 1. The molecule has 1 heterocycles. The van der Waals surface area contributed by atoms with E-state index < -0.39 is 0 Å². The van der Waals surface area contributed by atoms with Gasteiger partial charge in [-0.05, 0) is 56.4 Å². The summed E-state index contributed by atoms with van der Waals surface area (Å²) < 4.78 is 0. The minimum Gasteiger partial charge on any atom is -0.393 e. The number of nitrogens with one attached hydrogen (secondary N) is 2. The van der Waals surface area contributed by atoms with Gasteiger partial charge in [-0.15, -0.1) is 0 Å². The minimum absolute atomic E-state index is 0.194. The normalized spacial score (nSPS) is 24.0. The number of hydrogen-bond donors (Lipinski definition) is 3. The number of carbonyl (C=O) groups is 1. The molecule has 0 aromatic heterocycles. The summed E-state index contributed by atoms with van der Waals surface area (Å²) in [5.74, 6) is 0.194. The molecule has 0 bridgehead atoms. The van der Waals surface area contributed by atoms with Crippen molar-refractivity contribution in [2.75, 3.05) is 29.9 Å². The van der Waals surface area contributed by atoms with Crippen LogP contribution in [0, 0.1) is 12.8 Å². The molecule has 2 atom stereocenters. The molecule has 1 aromatic carbocycles. The van der Waals surface area contributed by atoms with Crippen LogP contribution < -0.4 is 15.5 Å². The van der Waals surface area contributed by atoms with Crippen molar-refractivity contribution >= 4 is 17.4 Å². The average molecular weight is 317 g/mol. The van der Waals surface area contributed by atoms with Crippen LogP contribution in [-0.4, -0.2) is 36.9 Å². The van der Waals surface area contributed by atoms with Gasteiger partial charge < -0.3 is 20.6 Å². The largest absolute Gasteiger partial charge is 0.393 e. The van der Waals surface area contributed by atoms with Crippen molar-refractivity contribution in [2.24, 2.45) is 5.92 Å². The van der Waals surface area contributed by atoms with Gasteiger partial charge in [0, 0.05) is 36.9 Å². The number of benzene rings is 1. The van der Waals surface area contributed by atoms with Crippen molar-refractivity contribution in [1.82, 2.24) is 5.32 Å². The summed E-state index contributed by atoms with van der Waals surface area (Å²) in [6.07, 6.45) is 5.14. The number of aliphatic hydroxyl groups excluding tert-OH is 1. The van der Waals surface area contributed by atoms with Crippen LogP contribution in [0.1, 0.15) is 37.7 Å². The zero-order chi connectivity index (χ0) is 16.2. The fourth-order valence-corrected chi connectivity index (χ4v) is 3.70. The Hall–Kier alpha value is -1.75. The van der Waals surface area contributed by atoms with Gasteiger partial charge in [0.1, 0.15) is 0 Å². The van der Waals surface area contributed by atoms with Crippen LogP contribution in [0.15, 0.2) is 18.2 Å². The van der Waals surface area contributed by atoms with E-state index in [2.05, 4.69) is 28.5 Å². The first-order chi connectivity index (χ1) is 11.1. The lowest BCUT2D eigenvalue weighted by molar-refractivity contribution is 0.133. The molecule has 126 valence electrons. The lowest BCUT2D eigenvalue weighted by atomic mass is 10.1. The Morgan fingerprint density at radius 3 is 2.70 bits per heavy atom. The summed E-state index contributed by atoms with van der Waals surface area (Å²) in [6, 6.07) is 5.89. The number of urea groups is 1. The second-order valence-corrected chi connectivity index (χ2v) is 6.79. The van der Waals surface area contributed by atoms with E-state index >= 15 is 0 Å². The first kappa shape index (κ1) is 16.1. The van der Waals surface area contributed by atoms with Crippen LogP contribution in [0.4, 0.5) is 16.2 Å². The summed E-state index contributed by atoms with van der Waals surface area (Å²) in [6.45, 7) is 4.87. The number of nitrogens with zero attached hydrogens (tertiary/aromatic N) is 1. The predicted molar refractivity (Wildman–Crippen MR) is 93.0 cm³/mol. The Balaban J connectivity index is 1.53. The highest BCUT2D eigenvalue weighted by Gasteiger charge is 2.25. The highest BCUT2D eigenvalue weighted by molar-refractivity contribution is 5.89. The molecule has 1 aliphatic carbocycles. The highest BCUT2D eigenvalue weighted by atomic mass is 16.3. The van der Waals surface area contributed by atoms with Gasteiger partial charge in [0.2, 0.25) is 0 Å². The molecule has 2 fully saturated rings. The maximum Gasteiger partial charge on any atom is 0.319 e. The Kier molecular flexibility index (Phi) is 5.06. The first-order valence-electron chi connectivity index (χ1n) is 8.72. The number of amides is 2. The van der Waals surface area contributed by atoms with Crippen LogP contribution in [0.3, 0.4) is 0 Å². The Morgan fingerprint density at radius 1 is 1.26 bits per heavy atom. The molecular weight excluding hydrogens is 290 g/mol. The topological polar surface area (TPSA) is 64.6 Å². The molecule has 2 aliphatic rings. The smallest absolute Gasteiger partial charge is 0.319 e. The Morgan fingerprint density at radius 2 is 2.04 bits per heavy atom. The van der Waals surface area contributed by atoms with Crippen molar-refractivity contribution in [2.45, 2.75) is 45.1 Å². The van der Waals surface area contributed by atoms with Gasteiger partial charge in [-0.3, -0.25) is 0 Å². The molecule has 0 unspecified atom stereocenters. The van der Waals surface area contributed by atoms with Gasteiger partial charge in [-0.25, -0.2) is 4.79 Å². The number of rotatable bonds is 4. The molecule has 1 aliphatic heterocycles. The number of aliphatic hydroxyl groups is 1. The van der Waals surface area contributed by atoms with E-state index in [0.717, 1.165) is 38.0 Å². The SMILES string of the molecule is Cc1cc(NC(=O)NC[C@H]2CCC[C@@H]2O)ccc1N1CCCC1. The van der Waals surface area contributed by atoms with Gasteiger partial charge in [-0.1, -0.05) is 6.42 Å². The molecule has 5 nitrogen and oxygen atoms in total. The summed E-state index contributed by atoms with van der Waals surface area (Å²) >= 11 is 0. The van der Waals surface area contributed by atoms with E-state index in [1.807, 2.05) is 12.1 Å². The predicted octanol–water partition coefficient (Wildman–Crippen LogP) is 2.88. The molecule has 0 radical (unpaired) electrons. The van der Waals surface area contributed by atoms with Crippen LogP contribution >= 0.6 is 0 Å². The molecule has 1 saturated heterocycles. The second kappa shape index (κ2) is 7.21. The first-order valence-corrected chi connectivity index (χ1v) is 8.72. The van der Waals surface area contributed by atoms with Gasteiger partial charge in [0.25, 0.3) is 0 Å². The zero-order valence-corrected chi connectivity index (χ0v) is 13.8. The van der Waals surface area contributed by atoms with E-state index in [0.29, 0.717) is 6.54 Å². The van der Waals surface area contributed by atoms with Crippen molar-refractivity contribution in [3.8, 4) is 0 Å². The number of aryl methyl sites for hydroxylation is 1. The maximum absolute atomic E-state index is 12.0. The molecule has 3 rings (SSSR count). The van der Waals surface area contributed by atoms with Crippen molar-refractivity contribution in [3.05, 3.63) is 23.8 Å².